The van der Waals surface area contributed by atoms with Crippen molar-refractivity contribution in [3.63, 3.8) is 0 Å². The zero-order chi connectivity index (χ0) is 12.7. The van der Waals surface area contributed by atoms with Gasteiger partial charge in [0.2, 0.25) is 0 Å². The molecule has 0 amide bonds. The molecule has 0 radical (unpaired) electrons. The lowest BCUT2D eigenvalue weighted by atomic mass is 9.87. The van der Waals surface area contributed by atoms with Gasteiger partial charge >= 0.3 is 0 Å². The highest BCUT2D eigenvalue weighted by molar-refractivity contribution is 5.83. The van der Waals surface area contributed by atoms with Gasteiger partial charge in [0.05, 0.1) is 22.7 Å². The van der Waals surface area contributed by atoms with Crippen LogP contribution < -0.4 is 0 Å². The number of aromatic hydroxyl groups is 2. The second kappa shape index (κ2) is 3.84. The van der Waals surface area contributed by atoms with Crippen molar-refractivity contribution in [2.24, 2.45) is 0 Å². The summed E-state index contributed by atoms with van der Waals surface area (Å²) in [4.78, 5) is 7.88. The van der Waals surface area contributed by atoms with Crippen LogP contribution in [0.5, 0.6) is 11.8 Å². The average molecular weight is 241 g/mol. The zero-order valence-corrected chi connectivity index (χ0v) is 9.64. The summed E-state index contributed by atoms with van der Waals surface area (Å²) in [6, 6.07) is 3.80. The van der Waals surface area contributed by atoms with E-state index in [1.807, 2.05) is 0 Å². The van der Waals surface area contributed by atoms with Crippen molar-refractivity contribution < 1.29 is 10.2 Å². The molecule has 1 aliphatic carbocycles. The van der Waals surface area contributed by atoms with E-state index in [4.69, 9.17) is 5.26 Å². The third kappa shape index (κ3) is 1.46. The molecule has 3 rings (SSSR count). The molecule has 90 valence electrons. The maximum absolute atomic E-state index is 9.46. The molecule has 0 bridgehead atoms. The number of hydrogen-bond donors (Lipinski definition) is 2. The van der Waals surface area contributed by atoms with Gasteiger partial charge in [0, 0.05) is 0 Å². The van der Waals surface area contributed by atoms with Gasteiger partial charge in [-0.25, -0.2) is 9.97 Å². The van der Waals surface area contributed by atoms with Crippen LogP contribution in [0, 0.1) is 11.3 Å². The highest BCUT2D eigenvalue weighted by Crippen LogP contribution is 2.32. The minimum Gasteiger partial charge on any atom is -0.489 e. The molecule has 2 N–H and O–H groups in total. The normalized spacial score (nSPS) is 14.2. The number of fused-ring (bicyclic) bond motifs is 3. The maximum Gasteiger partial charge on any atom is 0.276 e. The van der Waals surface area contributed by atoms with E-state index in [0.29, 0.717) is 16.6 Å². The number of hydrogen-bond acceptors (Lipinski definition) is 5. The Bertz CT molecular complexity index is 689. The largest absolute Gasteiger partial charge is 0.489 e. The smallest absolute Gasteiger partial charge is 0.276 e. The summed E-state index contributed by atoms with van der Waals surface area (Å²) in [6.07, 6.45) is 3.79. The molecular weight excluding hydrogens is 230 g/mol. The topological polar surface area (TPSA) is 90.0 Å². The standard InChI is InChI=1S/C13H11N3O2/c14-6-7-5-10-11(16-13(18)12(17)15-10)9-4-2-1-3-8(7)9/h5H,1-4H2,(H,15,17)(H,16,18). The molecule has 0 aliphatic heterocycles. The SMILES string of the molecule is N#Cc1cc2nc(O)c(O)nc2c2c1CCCC2. The van der Waals surface area contributed by atoms with E-state index < -0.39 is 11.8 Å². The fourth-order valence-electron chi connectivity index (χ4n) is 2.54. The number of benzene rings is 1. The van der Waals surface area contributed by atoms with Crippen LogP contribution >= 0.6 is 0 Å². The summed E-state index contributed by atoms with van der Waals surface area (Å²) < 4.78 is 0. The molecule has 1 heterocycles. The van der Waals surface area contributed by atoms with Crippen LogP contribution in [0.4, 0.5) is 0 Å². The van der Waals surface area contributed by atoms with Gasteiger partial charge in [0.15, 0.2) is 0 Å². The molecule has 1 aliphatic rings. The van der Waals surface area contributed by atoms with Crippen molar-refractivity contribution >= 4 is 11.0 Å². The van der Waals surface area contributed by atoms with Crippen molar-refractivity contribution in [1.82, 2.24) is 9.97 Å². The summed E-state index contributed by atoms with van der Waals surface area (Å²) in [7, 11) is 0. The molecule has 5 heteroatoms. The highest BCUT2D eigenvalue weighted by Gasteiger charge is 2.19. The fraction of sp³-hybridized carbons (Fsp3) is 0.308. The van der Waals surface area contributed by atoms with E-state index in [9.17, 15) is 10.2 Å². The fourth-order valence-corrected chi connectivity index (χ4v) is 2.54. The molecule has 0 unspecified atom stereocenters. The molecule has 0 saturated heterocycles. The monoisotopic (exact) mass is 241 g/mol. The number of aryl methyl sites for hydroxylation is 1. The Balaban J connectivity index is 2.42. The van der Waals surface area contributed by atoms with Crippen LogP contribution in [0.2, 0.25) is 0 Å². The van der Waals surface area contributed by atoms with Crippen LogP contribution in [0.3, 0.4) is 0 Å². The summed E-state index contributed by atoms with van der Waals surface area (Å²) in [5.74, 6) is -0.956. The first-order valence-electron chi connectivity index (χ1n) is 5.85. The molecule has 2 aromatic rings. The summed E-state index contributed by atoms with van der Waals surface area (Å²) >= 11 is 0. The van der Waals surface area contributed by atoms with Crippen molar-refractivity contribution in [2.75, 3.05) is 0 Å². The van der Waals surface area contributed by atoms with Gasteiger partial charge in [-0.2, -0.15) is 5.26 Å². The van der Waals surface area contributed by atoms with Crippen LogP contribution in [-0.4, -0.2) is 20.2 Å². The first-order chi connectivity index (χ1) is 8.70. The number of nitriles is 1. The van der Waals surface area contributed by atoms with E-state index in [1.54, 1.807) is 6.07 Å². The first-order valence-corrected chi connectivity index (χ1v) is 5.85. The Morgan fingerprint density at radius 1 is 1.06 bits per heavy atom. The predicted molar refractivity (Wildman–Crippen MR) is 64.2 cm³/mol. The number of rotatable bonds is 0. The molecule has 1 aromatic heterocycles. The first kappa shape index (κ1) is 10.8. The van der Waals surface area contributed by atoms with E-state index >= 15 is 0 Å². The quantitative estimate of drug-likeness (QED) is 0.733. The molecule has 5 nitrogen and oxygen atoms in total. The lowest BCUT2D eigenvalue weighted by molar-refractivity contribution is 0.377. The van der Waals surface area contributed by atoms with Gasteiger partial charge < -0.3 is 10.2 Å². The Morgan fingerprint density at radius 2 is 1.72 bits per heavy atom. The molecule has 0 fully saturated rings. The van der Waals surface area contributed by atoms with Gasteiger partial charge in [0.1, 0.15) is 0 Å². The zero-order valence-electron chi connectivity index (χ0n) is 9.64. The Labute approximate surface area is 103 Å². The molecule has 1 aromatic carbocycles. The Kier molecular flexibility index (Phi) is 2.30. The van der Waals surface area contributed by atoms with E-state index in [2.05, 4.69) is 16.0 Å². The minimum absolute atomic E-state index is 0.458. The van der Waals surface area contributed by atoms with Crippen molar-refractivity contribution in [1.29, 1.82) is 5.26 Å². The van der Waals surface area contributed by atoms with Crippen molar-refractivity contribution in [2.45, 2.75) is 25.7 Å². The predicted octanol–water partition coefficient (Wildman–Crippen LogP) is 1.79. The van der Waals surface area contributed by atoms with Gasteiger partial charge in [-0.1, -0.05) is 0 Å². The van der Waals surface area contributed by atoms with Gasteiger partial charge in [-0.3, -0.25) is 0 Å². The average Bonchev–Trinajstić information content (AvgIpc) is 2.40. The van der Waals surface area contributed by atoms with Gasteiger partial charge in [-0.15, -0.1) is 0 Å². The van der Waals surface area contributed by atoms with Crippen LogP contribution in [0.1, 0.15) is 29.5 Å². The molecule has 0 spiro atoms. The molecule has 0 saturated carbocycles. The third-order valence-corrected chi connectivity index (χ3v) is 3.37. The summed E-state index contributed by atoms with van der Waals surface area (Å²) in [5, 5.41) is 28.0. The van der Waals surface area contributed by atoms with Crippen LogP contribution in [0.15, 0.2) is 6.07 Å². The molecule has 18 heavy (non-hydrogen) atoms. The van der Waals surface area contributed by atoms with Crippen LogP contribution in [0.25, 0.3) is 11.0 Å². The number of nitrogens with zero attached hydrogens (tertiary/aromatic N) is 3. The third-order valence-electron chi connectivity index (χ3n) is 3.37. The second-order valence-corrected chi connectivity index (χ2v) is 4.44. The van der Waals surface area contributed by atoms with Crippen molar-refractivity contribution in [3.05, 3.63) is 22.8 Å². The summed E-state index contributed by atoms with van der Waals surface area (Å²) in [5.41, 5.74) is 3.65. The number of aromatic nitrogens is 2. The second-order valence-electron chi connectivity index (χ2n) is 4.44. The maximum atomic E-state index is 9.46. The lowest BCUT2D eigenvalue weighted by Crippen LogP contribution is -2.07. The highest BCUT2D eigenvalue weighted by atomic mass is 16.3. The lowest BCUT2D eigenvalue weighted by Gasteiger charge is -2.18. The summed E-state index contributed by atoms with van der Waals surface area (Å²) in [6.45, 7) is 0. The van der Waals surface area contributed by atoms with Gasteiger partial charge in [-0.05, 0) is 42.9 Å². The van der Waals surface area contributed by atoms with Gasteiger partial charge in [0.25, 0.3) is 11.8 Å². The van der Waals surface area contributed by atoms with E-state index in [-0.39, 0.29) is 0 Å². The molecule has 0 atom stereocenters. The van der Waals surface area contributed by atoms with Crippen molar-refractivity contribution in [3.8, 4) is 17.8 Å². The molecular formula is C13H11N3O2. The van der Waals surface area contributed by atoms with E-state index in [1.165, 1.54) is 0 Å². The minimum atomic E-state index is -0.498. The Morgan fingerprint density at radius 3 is 2.44 bits per heavy atom. The van der Waals surface area contributed by atoms with E-state index in [0.717, 1.165) is 36.8 Å². The Hall–Kier alpha value is -2.35. The van der Waals surface area contributed by atoms with Crippen LogP contribution in [-0.2, 0) is 12.8 Å².